The summed E-state index contributed by atoms with van der Waals surface area (Å²) in [4.78, 5) is 58.5. The minimum Gasteiger partial charge on any atom is -0.481 e. The number of carbonyl (C=O) groups is 4. The third-order valence-electron chi connectivity index (χ3n) is 5.96. The molecule has 6 unspecified atom stereocenters. The van der Waals surface area contributed by atoms with Crippen molar-refractivity contribution >= 4 is 23.9 Å². The molecule has 11 heteroatoms. The van der Waals surface area contributed by atoms with Crippen molar-refractivity contribution < 1.29 is 43.8 Å². The van der Waals surface area contributed by atoms with Crippen LogP contribution in [0.25, 0.3) is 0 Å². The number of rotatable bonds is 8. The van der Waals surface area contributed by atoms with Crippen molar-refractivity contribution in [2.75, 3.05) is 0 Å². The minimum atomic E-state index is -1.31. The number of nitrogens with zero attached hydrogens (tertiary/aromatic N) is 1. The molecule has 30 heavy (non-hydrogen) atoms. The first-order chi connectivity index (χ1) is 14.1. The van der Waals surface area contributed by atoms with Gasteiger partial charge < -0.3 is 19.7 Å². The lowest BCUT2D eigenvalue weighted by atomic mass is 9.77. The molecule has 0 radical (unpaired) electrons. The average molecular weight is 429 g/mol. The zero-order chi connectivity index (χ0) is 22.4. The summed E-state index contributed by atoms with van der Waals surface area (Å²) in [7, 11) is 0. The van der Waals surface area contributed by atoms with E-state index in [0.717, 1.165) is 0 Å². The molecule has 2 N–H and O–H groups in total. The van der Waals surface area contributed by atoms with Crippen LogP contribution in [0.1, 0.15) is 58.3 Å². The highest BCUT2D eigenvalue weighted by molar-refractivity contribution is 5.82. The fourth-order valence-corrected chi connectivity index (χ4v) is 4.23. The van der Waals surface area contributed by atoms with Gasteiger partial charge in [-0.15, -0.1) is 0 Å². The van der Waals surface area contributed by atoms with Crippen molar-refractivity contribution in [3.63, 3.8) is 0 Å². The number of carboxylic acid groups (broad SMARTS) is 2. The molecule has 0 aliphatic heterocycles. The summed E-state index contributed by atoms with van der Waals surface area (Å²) in [6.07, 6.45) is 0.616. The molecule has 0 saturated heterocycles. The van der Waals surface area contributed by atoms with Crippen LogP contribution in [0, 0.1) is 33.8 Å². The van der Waals surface area contributed by atoms with Crippen LogP contribution in [-0.2, 0) is 28.7 Å². The van der Waals surface area contributed by atoms with E-state index in [1.165, 1.54) is 0 Å². The van der Waals surface area contributed by atoms with Crippen LogP contribution in [0.5, 0.6) is 0 Å². The van der Waals surface area contributed by atoms with Crippen LogP contribution < -0.4 is 0 Å². The van der Waals surface area contributed by atoms with Gasteiger partial charge in [-0.25, -0.2) is 0 Å². The van der Waals surface area contributed by atoms with Gasteiger partial charge in [0.15, 0.2) is 0 Å². The van der Waals surface area contributed by atoms with Gasteiger partial charge in [0.05, 0.1) is 23.7 Å². The van der Waals surface area contributed by atoms with Gasteiger partial charge in [0.1, 0.15) is 0 Å². The third-order valence-corrected chi connectivity index (χ3v) is 5.96. The summed E-state index contributed by atoms with van der Waals surface area (Å²) in [5.41, 5.74) is 0. The molecule has 0 amide bonds. The number of hydrogen-bond acceptors (Lipinski definition) is 8. The molecular formula is C19H27NO10. The maximum Gasteiger partial charge on any atom is 0.313 e. The monoisotopic (exact) mass is 429 g/mol. The minimum absolute atomic E-state index is 0.0281. The van der Waals surface area contributed by atoms with E-state index in [1.54, 1.807) is 6.92 Å². The summed E-state index contributed by atoms with van der Waals surface area (Å²) < 4.78 is 10.4. The summed E-state index contributed by atoms with van der Waals surface area (Å²) in [5.74, 6) is -8.11. The van der Waals surface area contributed by atoms with Crippen molar-refractivity contribution in [3.8, 4) is 0 Å². The van der Waals surface area contributed by atoms with Crippen LogP contribution in [0.2, 0.25) is 0 Å². The Kier molecular flexibility index (Phi) is 8.13. The molecule has 0 aromatic heterocycles. The second-order valence-corrected chi connectivity index (χ2v) is 7.85. The highest BCUT2D eigenvalue weighted by Crippen LogP contribution is 2.34. The Hall–Kier alpha value is -2.72. The summed E-state index contributed by atoms with van der Waals surface area (Å²) in [6, 6.07) is -1.04. The number of carbonyl (C=O) groups excluding carboxylic acids is 2. The largest absolute Gasteiger partial charge is 0.481 e. The molecule has 2 fully saturated rings. The van der Waals surface area contributed by atoms with E-state index in [-0.39, 0.29) is 25.7 Å². The van der Waals surface area contributed by atoms with Gasteiger partial charge in [0.25, 0.3) is 0 Å². The highest BCUT2D eigenvalue weighted by Gasteiger charge is 2.45. The van der Waals surface area contributed by atoms with Crippen molar-refractivity contribution in [1.82, 2.24) is 0 Å². The number of nitro groups is 1. The maximum atomic E-state index is 12.6. The molecule has 2 saturated carbocycles. The van der Waals surface area contributed by atoms with Crippen molar-refractivity contribution in [2.24, 2.45) is 23.7 Å². The van der Waals surface area contributed by atoms with Gasteiger partial charge >= 0.3 is 23.9 Å². The lowest BCUT2D eigenvalue weighted by Gasteiger charge is -2.31. The first-order valence-corrected chi connectivity index (χ1v) is 10.2. The topological polar surface area (TPSA) is 170 Å². The van der Waals surface area contributed by atoms with Crippen LogP contribution in [-0.4, -0.2) is 51.3 Å². The molecule has 0 aromatic rings. The zero-order valence-electron chi connectivity index (χ0n) is 16.7. The Morgan fingerprint density at radius 3 is 1.90 bits per heavy atom. The Morgan fingerprint density at radius 1 is 0.900 bits per heavy atom. The Labute approximate surface area is 172 Å². The van der Waals surface area contributed by atoms with Crippen molar-refractivity contribution in [2.45, 2.75) is 70.6 Å². The second-order valence-electron chi connectivity index (χ2n) is 7.85. The zero-order valence-corrected chi connectivity index (χ0v) is 16.7. The normalized spacial score (nSPS) is 30.0. The predicted octanol–water partition coefficient (Wildman–Crippen LogP) is 1.85. The van der Waals surface area contributed by atoms with E-state index in [4.69, 9.17) is 9.47 Å². The Bertz CT molecular complexity index is 693. The molecule has 0 heterocycles. The molecule has 0 aromatic carbocycles. The number of hydrogen-bond donors (Lipinski definition) is 2. The molecule has 11 nitrogen and oxygen atoms in total. The van der Waals surface area contributed by atoms with Gasteiger partial charge in [0.2, 0.25) is 12.3 Å². The van der Waals surface area contributed by atoms with E-state index in [1.807, 2.05) is 0 Å². The Balaban J connectivity index is 2.04. The fourth-order valence-electron chi connectivity index (χ4n) is 4.23. The van der Waals surface area contributed by atoms with Crippen molar-refractivity contribution in [1.29, 1.82) is 0 Å². The third kappa shape index (κ3) is 5.67. The molecule has 168 valence electrons. The number of esters is 2. The summed E-state index contributed by atoms with van der Waals surface area (Å²) in [5, 5.41) is 29.7. The molecule has 2 rings (SSSR count). The summed E-state index contributed by atoms with van der Waals surface area (Å²) in [6.45, 7) is 1.58. The number of ether oxygens (including phenoxy) is 2. The van der Waals surface area contributed by atoms with E-state index >= 15 is 0 Å². The maximum absolute atomic E-state index is 12.6. The lowest BCUT2D eigenvalue weighted by Crippen LogP contribution is -2.42. The summed E-state index contributed by atoms with van der Waals surface area (Å²) >= 11 is 0. The van der Waals surface area contributed by atoms with Gasteiger partial charge in [-0.3, -0.25) is 29.3 Å². The van der Waals surface area contributed by atoms with Crippen LogP contribution in [0.15, 0.2) is 0 Å². The first-order valence-electron chi connectivity index (χ1n) is 10.2. The fraction of sp³-hybridized carbons (Fsp3) is 0.789. The molecule has 0 bridgehead atoms. The highest BCUT2D eigenvalue weighted by atomic mass is 16.7. The predicted molar refractivity (Wildman–Crippen MR) is 98.6 cm³/mol. The quantitative estimate of drug-likeness (QED) is 0.251. The second kappa shape index (κ2) is 10.4. The molecule has 6 atom stereocenters. The number of carboxylic acids is 2. The van der Waals surface area contributed by atoms with E-state index in [9.17, 15) is 39.5 Å². The van der Waals surface area contributed by atoms with Crippen LogP contribution in [0.4, 0.5) is 0 Å². The lowest BCUT2D eigenvalue weighted by molar-refractivity contribution is -0.528. The Morgan fingerprint density at radius 2 is 1.40 bits per heavy atom. The molecular weight excluding hydrogens is 402 g/mol. The molecule has 0 spiro atoms. The van der Waals surface area contributed by atoms with Gasteiger partial charge in [-0.1, -0.05) is 19.8 Å². The van der Waals surface area contributed by atoms with E-state index in [2.05, 4.69) is 0 Å². The van der Waals surface area contributed by atoms with Gasteiger partial charge in [0, 0.05) is 24.2 Å². The first kappa shape index (κ1) is 23.6. The van der Waals surface area contributed by atoms with Crippen LogP contribution in [0.3, 0.4) is 0 Å². The SMILES string of the molecule is CCC(OC(=O)C1CCCCC1C(=O)O)OC(=O)C1CC([N+](=O)[O-])CCC1C(=O)O. The van der Waals surface area contributed by atoms with E-state index < -0.39 is 64.8 Å². The van der Waals surface area contributed by atoms with Gasteiger partial charge in [-0.2, -0.15) is 0 Å². The molecule has 2 aliphatic carbocycles. The van der Waals surface area contributed by atoms with E-state index in [0.29, 0.717) is 25.7 Å². The molecule has 2 aliphatic rings. The van der Waals surface area contributed by atoms with Crippen molar-refractivity contribution in [3.05, 3.63) is 10.1 Å². The standard InChI is InChI=1S/C19H27NO10/c1-2-15(29-18(25)13-6-4-3-5-11(13)16(21)22)30-19(26)14-9-10(20(27)28)7-8-12(14)17(23)24/h10-15H,2-9H2,1H3,(H,21,22)(H,23,24). The number of aliphatic carboxylic acids is 2. The smallest absolute Gasteiger partial charge is 0.313 e. The van der Waals surface area contributed by atoms with Gasteiger partial charge in [-0.05, 0) is 19.3 Å². The average Bonchev–Trinajstić information content (AvgIpc) is 2.72. The van der Waals surface area contributed by atoms with Crippen LogP contribution >= 0.6 is 0 Å².